The van der Waals surface area contributed by atoms with Crippen LogP contribution in [0.5, 0.6) is 0 Å². The van der Waals surface area contributed by atoms with Crippen molar-refractivity contribution in [1.29, 1.82) is 0 Å². The molecule has 2 rings (SSSR count). The molecule has 0 unspecified atom stereocenters. The molecule has 2 aromatic rings. The Hall–Kier alpha value is -1.52. The number of nitrogens with one attached hydrogen (secondary N) is 2. The zero-order valence-corrected chi connectivity index (χ0v) is 13.5. The molecule has 0 aliphatic carbocycles. The first-order chi connectivity index (χ1) is 10.0. The van der Waals surface area contributed by atoms with E-state index in [1.165, 1.54) is 0 Å². The van der Waals surface area contributed by atoms with E-state index in [0.717, 1.165) is 17.8 Å². The Morgan fingerprint density at radius 2 is 2.00 bits per heavy atom. The number of rotatable bonds is 6. The Balaban J connectivity index is 1.91. The van der Waals surface area contributed by atoms with E-state index in [4.69, 9.17) is 23.2 Å². The SMILES string of the molecule is CC(C)Nc1ccnc(NCCc2ccc(Cl)cc2Cl)n1. The van der Waals surface area contributed by atoms with Gasteiger partial charge < -0.3 is 10.6 Å². The van der Waals surface area contributed by atoms with Gasteiger partial charge in [0.05, 0.1) is 0 Å². The molecule has 0 aliphatic heterocycles. The Morgan fingerprint density at radius 1 is 1.19 bits per heavy atom. The largest absolute Gasteiger partial charge is 0.368 e. The molecule has 0 saturated carbocycles. The van der Waals surface area contributed by atoms with Gasteiger partial charge in [0.25, 0.3) is 0 Å². The summed E-state index contributed by atoms with van der Waals surface area (Å²) in [4.78, 5) is 8.59. The molecule has 21 heavy (non-hydrogen) atoms. The molecule has 0 atom stereocenters. The van der Waals surface area contributed by atoms with Crippen molar-refractivity contribution in [3.05, 3.63) is 46.1 Å². The third-order valence-electron chi connectivity index (χ3n) is 2.78. The fourth-order valence-corrected chi connectivity index (χ4v) is 2.36. The third-order valence-corrected chi connectivity index (χ3v) is 3.37. The lowest BCUT2D eigenvalue weighted by atomic mass is 10.1. The minimum Gasteiger partial charge on any atom is -0.368 e. The molecule has 0 amide bonds. The highest BCUT2D eigenvalue weighted by Gasteiger charge is 2.03. The molecule has 6 heteroatoms. The molecule has 1 aromatic heterocycles. The number of benzene rings is 1. The Kier molecular flexibility index (Phi) is 5.65. The second-order valence-corrected chi connectivity index (χ2v) is 5.82. The summed E-state index contributed by atoms with van der Waals surface area (Å²) in [5.41, 5.74) is 1.05. The summed E-state index contributed by atoms with van der Waals surface area (Å²) in [6, 6.07) is 7.71. The van der Waals surface area contributed by atoms with Crippen LogP contribution in [0, 0.1) is 0 Å². The van der Waals surface area contributed by atoms with Crippen molar-refractivity contribution in [3.8, 4) is 0 Å². The van der Waals surface area contributed by atoms with Crippen LogP contribution < -0.4 is 10.6 Å². The molecule has 0 saturated heterocycles. The van der Waals surface area contributed by atoms with Crippen LogP contribution in [0.1, 0.15) is 19.4 Å². The lowest BCUT2D eigenvalue weighted by Crippen LogP contribution is -2.13. The Morgan fingerprint density at radius 3 is 2.71 bits per heavy atom. The van der Waals surface area contributed by atoms with Crippen LogP contribution in [0.25, 0.3) is 0 Å². The van der Waals surface area contributed by atoms with Crippen LogP contribution in [0.3, 0.4) is 0 Å². The van der Waals surface area contributed by atoms with Crippen molar-refractivity contribution in [2.24, 2.45) is 0 Å². The molecule has 2 N–H and O–H groups in total. The maximum Gasteiger partial charge on any atom is 0.224 e. The lowest BCUT2D eigenvalue weighted by molar-refractivity contribution is 0.884. The van der Waals surface area contributed by atoms with Gasteiger partial charge in [-0.1, -0.05) is 29.3 Å². The van der Waals surface area contributed by atoms with Gasteiger partial charge in [-0.25, -0.2) is 4.98 Å². The van der Waals surface area contributed by atoms with Gasteiger partial charge in [0.2, 0.25) is 5.95 Å². The second-order valence-electron chi connectivity index (χ2n) is 4.98. The molecule has 0 fully saturated rings. The molecule has 0 aliphatic rings. The summed E-state index contributed by atoms with van der Waals surface area (Å²) in [5, 5.41) is 7.76. The van der Waals surface area contributed by atoms with E-state index >= 15 is 0 Å². The maximum atomic E-state index is 6.14. The van der Waals surface area contributed by atoms with Crippen LogP contribution in [0.4, 0.5) is 11.8 Å². The Labute approximate surface area is 134 Å². The minimum absolute atomic E-state index is 0.334. The Bertz CT molecular complexity index is 602. The zero-order chi connectivity index (χ0) is 15.2. The van der Waals surface area contributed by atoms with Crippen LogP contribution in [0.15, 0.2) is 30.5 Å². The van der Waals surface area contributed by atoms with Gasteiger partial charge >= 0.3 is 0 Å². The van der Waals surface area contributed by atoms with Crippen molar-refractivity contribution in [2.75, 3.05) is 17.2 Å². The first-order valence-corrected chi connectivity index (χ1v) is 7.57. The van der Waals surface area contributed by atoms with E-state index in [-0.39, 0.29) is 0 Å². The molecule has 112 valence electrons. The number of nitrogens with zero attached hydrogens (tertiary/aromatic N) is 2. The number of hydrogen-bond donors (Lipinski definition) is 2. The van der Waals surface area contributed by atoms with Crippen molar-refractivity contribution >= 4 is 35.0 Å². The summed E-state index contributed by atoms with van der Waals surface area (Å²) in [6.45, 7) is 4.84. The van der Waals surface area contributed by atoms with Gasteiger partial charge in [-0.3, -0.25) is 0 Å². The van der Waals surface area contributed by atoms with Crippen LogP contribution in [0.2, 0.25) is 10.0 Å². The molecular weight excluding hydrogens is 307 g/mol. The van der Waals surface area contributed by atoms with Gasteiger partial charge in [0.15, 0.2) is 0 Å². The van der Waals surface area contributed by atoms with E-state index in [0.29, 0.717) is 28.6 Å². The number of aromatic nitrogens is 2. The van der Waals surface area contributed by atoms with Gasteiger partial charge in [0, 0.05) is 28.8 Å². The highest BCUT2D eigenvalue weighted by Crippen LogP contribution is 2.21. The fraction of sp³-hybridized carbons (Fsp3) is 0.333. The topological polar surface area (TPSA) is 49.8 Å². The van der Waals surface area contributed by atoms with E-state index < -0.39 is 0 Å². The summed E-state index contributed by atoms with van der Waals surface area (Å²) < 4.78 is 0. The van der Waals surface area contributed by atoms with Crippen LogP contribution in [-0.2, 0) is 6.42 Å². The van der Waals surface area contributed by atoms with Crippen LogP contribution in [-0.4, -0.2) is 22.6 Å². The zero-order valence-electron chi connectivity index (χ0n) is 12.0. The average molecular weight is 325 g/mol. The first kappa shape index (κ1) is 15.9. The minimum atomic E-state index is 0.334. The van der Waals surface area contributed by atoms with E-state index in [1.807, 2.05) is 18.2 Å². The lowest BCUT2D eigenvalue weighted by Gasteiger charge is -2.11. The molecule has 0 bridgehead atoms. The monoisotopic (exact) mass is 324 g/mol. The second kappa shape index (κ2) is 7.48. The molecule has 1 aromatic carbocycles. The van der Waals surface area contributed by atoms with Crippen molar-refractivity contribution < 1.29 is 0 Å². The first-order valence-electron chi connectivity index (χ1n) is 6.82. The predicted octanol–water partition coefficient (Wildman–Crippen LogP) is 4.26. The highest BCUT2D eigenvalue weighted by atomic mass is 35.5. The van der Waals surface area contributed by atoms with Gasteiger partial charge in [-0.2, -0.15) is 4.98 Å². The maximum absolute atomic E-state index is 6.14. The normalized spacial score (nSPS) is 10.7. The summed E-state index contributed by atoms with van der Waals surface area (Å²) in [5.74, 6) is 1.41. The van der Waals surface area contributed by atoms with Gasteiger partial charge in [0.1, 0.15) is 5.82 Å². The van der Waals surface area contributed by atoms with Gasteiger partial charge in [-0.05, 0) is 44.0 Å². The smallest absolute Gasteiger partial charge is 0.224 e. The summed E-state index contributed by atoms with van der Waals surface area (Å²) >= 11 is 12.0. The molecular formula is C15H18Cl2N4. The predicted molar refractivity (Wildman–Crippen MR) is 89.4 cm³/mol. The van der Waals surface area contributed by atoms with Crippen molar-refractivity contribution in [2.45, 2.75) is 26.3 Å². The quantitative estimate of drug-likeness (QED) is 0.833. The molecule has 0 radical (unpaired) electrons. The third kappa shape index (κ3) is 5.06. The number of hydrogen-bond acceptors (Lipinski definition) is 4. The molecule has 4 nitrogen and oxygen atoms in total. The summed E-state index contributed by atoms with van der Waals surface area (Å²) in [6.07, 6.45) is 2.51. The van der Waals surface area contributed by atoms with Crippen molar-refractivity contribution in [1.82, 2.24) is 9.97 Å². The summed E-state index contributed by atoms with van der Waals surface area (Å²) in [7, 11) is 0. The van der Waals surface area contributed by atoms with Gasteiger partial charge in [-0.15, -0.1) is 0 Å². The van der Waals surface area contributed by atoms with E-state index in [2.05, 4.69) is 34.4 Å². The van der Waals surface area contributed by atoms with E-state index in [9.17, 15) is 0 Å². The van der Waals surface area contributed by atoms with Crippen LogP contribution >= 0.6 is 23.2 Å². The van der Waals surface area contributed by atoms with Crippen molar-refractivity contribution in [3.63, 3.8) is 0 Å². The average Bonchev–Trinajstić information content (AvgIpc) is 2.41. The van der Waals surface area contributed by atoms with E-state index in [1.54, 1.807) is 12.3 Å². The molecule has 1 heterocycles. The number of anilines is 2. The number of halogens is 2. The molecule has 0 spiro atoms. The standard InChI is InChI=1S/C15H18Cl2N4/c1-10(2)20-14-6-8-19-15(21-14)18-7-5-11-3-4-12(16)9-13(11)17/h3-4,6,8-10H,5,7H2,1-2H3,(H2,18,19,20,21). The fourth-order valence-electron chi connectivity index (χ4n) is 1.85. The highest BCUT2D eigenvalue weighted by molar-refractivity contribution is 6.35.